The number of oxime groups is 1. The van der Waals surface area contributed by atoms with E-state index in [1.807, 2.05) is 30.5 Å². The van der Waals surface area contributed by atoms with Gasteiger partial charge in [0, 0.05) is 29.7 Å². The molecule has 1 fully saturated rings. The third kappa shape index (κ3) is 3.71. The summed E-state index contributed by atoms with van der Waals surface area (Å²) in [6.45, 7) is 7.47. The van der Waals surface area contributed by atoms with Crippen molar-refractivity contribution in [3.8, 4) is 0 Å². The first kappa shape index (κ1) is 16.4. The summed E-state index contributed by atoms with van der Waals surface area (Å²) in [5.41, 5.74) is 1.39. The van der Waals surface area contributed by atoms with E-state index >= 15 is 0 Å². The van der Waals surface area contributed by atoms with Crippen LogP contribution in [-0.4, -0.2) is 40.5 Å². The van der Waals surface area contributed by atoms with Crippen LogP contribution in [0, 0.1) is 6.92 Å². The minimum absolute atomic E-state index is 0.0804. The number of hydrogen-bond acceptors (Lipinski definition) is 4. The molecule has 2 aliphatic heterocycles. The Morgan fingerprint density at radius 2 is 1.91 bits per heavy atom. The van der Waals surface area contributed by atoms with Gasteiger partial charge in [-0.1, -0.05) is 22.9 Å². The maximum absolute atomic E-state index is 12.7. The summed E-state index contributed by atoms with van der Waals surface area (Å²) < 4.78 is 0. The first-order chi connectivity index (χ1) is 11.0. The van der Waals surface area contributed by atoms with E-state index < -0.39 is 5.60 Å². The lowest BCUT2D eigenvalue weighted by Crippen LogP contribution is -2.50. The van der Waals surface area contributed by atoms with E-state index in [0.29, 0.717) is 11.7 Å². The molecule has 0 spiro atoms. The molecule has 2 aliphatic rings. The van der Waals surface area contributed by atoms with Crippen LogP contribution in [0.25, 0.3) is 0 Å². The van der Waals surface area contributed by atoms with Crippen LogP contribution in [0.15, 0.2) is 34.3 Å². The van der Waals surface area contributed by atoms with E-state index in [4.69, 9.17) is 4.84 Å². The number of aryl methyl sites for hydroxylation is 1. The molecule has 124 valence electrons. The quantitative estimate of drug-likeness (QED) is 0.849. The molecular weight excluding hydrogens is 308 g/mol. The number of amides is 1. The smallest absolute Gasteiger partial charge is 0.269 e. The third-order valence-corrected chi connectivity index (χ3v) is 5.85. The van der Waals surface area contributed by atoms with Gasteiger partial charge in [0.15, 0.2) is 0 Å². The second kappa shape index (κ2) is 6.56. The van der Waals surface area contributed by atoms with Crippen LogP contribution in [0.1, 0.15) is 38.7 Å². The Morgan fingerprint density at radius 1 is 1.26 bits per heavy atom. The molecular formula is C18H24N2O2S. The molecule has 2 heterocycles. The van der Waals surface area contributed by atoms with E-state index in [-0.39, 0.29) is 5.91 Å². The van der Waals surface area contributed by atoms with Gasteiger partial charge in [0.2, 0.25) is 5.60 Å². The average molecular weight is 332 g/mol. The molecule has 0 N–H and O–H groups in total. The lowest BCUT2D eigenvalue weighted by molar-refractivity contribution is -0.154. The number of benzene rings is 1. The van der Waals surface area contributed by atoms with Gasteiger partial charge in [-0.3, -0.25) is 4.79 Å². The molecule has 0 saturated carbocycles. The van der Waals surface area contributed by atoms with Gasteiger partial charge < -0.3 is 9.74 Å². The molecule has 1 saturated heterocycles. The lowest BCUT2D eigenvalue weighted by Gasteiger charge is -2.35. The maximum Gasteiger partial charge on any atom is 0.269 e. The van der Waals surface area contributed by atoms with Gasteiger partial charge in [0.25, 0.3) is 5.91 Å². The zero-order chi connectivity index (χ0) is 16.4. The molecule has 1 aromatic carbocycles. The second-order valence-electron chi connectivity index (χ2n) is 6.75. The number of piperidine rings is 1. The Labute approximate surface area is 142 Å². The Hall–Kier alpha value is -1.49. The van der Waals surface area contributed by atoms with Crippen molar-refractivity contribution in [1.82, 2.24) is 4.90 Å². The fourth-order valence-electron chi connectivity index (χ4n) is 3.17. The van der Waals surface area contributed by atoms with Crippen LogP contribution in [0.3, 0.4) is 0 Å². The van der Waals surface area contributed by atoms with Gasteiger partial charge in [-0.05, 0) is 45.7 Å². The third-order valence-electron chi connectivity index (χ3n) is 4.50. The van der Waals surface area contributed by atoms with Crippen LogP contribution in [-0.2, 0) is 9.63 Å². The standard InChI is InChI=1S/C18H24N2O2S/c1-13-4-6-15(7-5-13)23-16-8-10-20(11-9-16)17(21)18(3)12-14(2)19-22-18/h4-7,16H,8-12H2,1-3H3/t18-/m0/s1. The maximum atomic E-state index is 12.7. The highest BCUT2D eigenvalue weighted by atomic mass is 32.2. The van der Waals surface area contributed by atoms with Crippen LogP contribution >= 0.6 is 11.8 Å². The number of carbonyl (C=O) groups excluding carboxylic acids is 1. The molecule has 1 aromatic rings. The molecule has 4 nitrogen and oxygen atoms in total. The minimum Gasteiger partial charge on any atom is -0.379 e. The van der Waals surface area contributed by atoms with Crippen LogP contribution in [0.4, 0.5) is 0 Å². The number of carbonyl (C=O) groups is 1. The number of thioether (sulfide) groups is 1. The number of likely N-dealkylation sites (tertiary alicyclic amines) is 1. The van der Waals surface area contributed by atoms with Crippen molar-refractivity contribution in [2.24, 2.45) is 5.16 Å². The van der Waals surface area contributed by atoms with Crippen molar-refractivity contribution < 1.29 is 9.63 Å². The summed E-state index contributed by atoms with van der Waals surface area (Å²) in [5, 5.41) is 4.53. The summed E-state index contributed by atoms with van der Waals surface area (Å²) in [7, 11) is 0. The molecule has 0 unspecified atom stereocenters. The van der Waals surface area contributed by atoms with Crippen molar-refractivity contribution >= 4 is 23.4 Å². The fraction of sp³-hybridized carbons (Fsp3) is 0.556. The first-order valence-corrected chi connectivity index (χ1v) is 9.08. The number of rotatable bonds is 3. The SMILES string of the molecule is CC1=NO[C@](C)(C(=O)N2CCC(Sc3ccc(C)cc3)CC2)C1. The lowest BCUT2D eigenvalue weighted by atomic mass is 9.97. The summed E-state index contributed by atoms with van der Waals surface area (Å²) in [4.78, 5) is 21.3. The predicted octanol–water partition coefficient (Wildman–Crippen LogP) is 3.63. The largest absolute Gasteiger partial charge is 0.379 e. The monoisotopic (exact) mass is 332 g/mol. The van der Waals surface area contributed by atoms with Crippen molar-refractivity contribution in [2.75, 3.05) is 13.1 Å². The molecule has 0 aliphatic carbocycles. The molecule has 23 heavy (non-hydrogen) atoms. The van der Waals surface area contributed by atoms with Gasteiger partial charge in [-0.15, -0.1) is 11.8 Å². The summed E-state index contributed by atoms with van der Waals surface area (Å²) >= 11 is 1.93. The molecule has 3 rings (SSSR count). The van der Waals surface area contributed by atoms with E-state index in [1.165, 1.54) is 10.5 Å². The first-order valence-electron chi connectivity index (χ1n) is 8.21. The summed E-state index contributed by atoms with van der Waals surface area (Å²) in [5.74, 6) is 0.0804. The van der Waals surface area contributed by atoms with Crippen molar-refractivity contribution in [3.63, 3.8) is 0 Å². The van der Waals surface area contributed by atoms with Gasteiger partial charge in [-0.25, -0.2) is 0 Å². The number of hydrogen-bond donors (Lipinski definition) is 0. The van der Waals surface area contributed by atoms with E-state index in [2.05, 4.69) is 36.3 Å². The fourth-order valence-corrected chi connectivity index (χ4v) is 4.29. The Bertz CT molecular complexity index is 606. The Morgan fingerprint density at radius 3 is 2.48 bits per heavy atom. The zero-order valence-corrected chi connectivity index (χ0v) is 14.9. The van der Waals surface area contributed by atoms with Crippen LogP contribution in [0.2, 0.25) is 0 Å². The average Bonchev–Trinajstić information content (AvgIpc) is 2.90. The summed E-state index contributed by atoms with van der Waals surface area (Å²) in [6, 6.07) is 8.68. The van der Waals surface area contributed by atoms with E-state index in [0.717, 1.165) is 31.6 Å². The van der Waals surface area contributed by atoms with Gasteiger partial charge in [0.05, 0.1) is 5.71 Å². The Kier molecular flexibility index (Phi) is 4.67. The molecule has 1 atom stereocenters. The summed E-state index contributed by atoms with van der Waals surface area (Å²) in [6.07, 6.45) is 2.66. The van der Waals surface area contributed by atoms with Crippen LogP contribution in [0.5, 0.6) is 0 Å². The highest BCUT2D eigenvalue weighted by Gasteiger charge is 2.44. The normalized spacial score (nSPS) is 25.2. The highest BCUT2D eigenvalue weighted by Crippen LogP contribution is 2.32. The molecule has 0 radical (unpaired) electrons. The molecule has 0 aromatic heterocycles. The molecule has 1 amide bonds. The number of nitrogens with zero attached hydrogens (tertiary/aromatic N) is 2. The second-order valence-corrected chi connectivity index (χ2v) is 8.12. The Balaban J connectivity index is 1.52. The van der Waals surface area contributed by atoms with Crippen molar-refractivity contribution in [1.29, 1.82) is 0 Å². The van der Waals surface area contributed by atoms with E-state index in [1.54, 1.807) is 0 Å². The highest BCUT2D eigenvalue weighted by molar-refractivity contribution is 8.00. The van der Waals surface area contributed by atoms with Gasteiger partial charge >= 0.3 is 0 Å². The van der Waals surface area contributed by atoms with Gasteiger partial charge in [0.1, 0.15) is 0 Å². The van der Waals surface area contributed by atoms with Crippen molar-refractivity contribution in [2.45, 2.75) is 55.8 Å². The predicted molar refractivity (Wildman–Crippen MR) is 93.9 cm³/mol. The molecule has 0 bridgehead atoms. The van der Waals surface area contributed by atoms with Gasteiger partial charge in [-0.2, -0.15) is 0 Å². The van der Waals surface area contributed by atoms with Crippen LogP contribution < -0.4 is 0 Å². The minimum atomic E-state index is -0.791. The topological polar surface area (TPSA) is 41.9 Å². The zero-order valence-electron chi connectivity index (χ0n) is 14.0. The van der Waals surface area contributed by atoms with E-state index in [9.17, 15) is 4.79 Å². The van der Waals surface area contributed by atoms with Crippen molar-refractivity contribution in [3.05, 3.63) is 29.8 Å². The molecule has 5 heteroatoms.